The summed E-state index contributed by atoms with van der Waals surface area (Å²) in [5.74, 6) is -0.366. The molecule has 0 bridgehead atoms. The van der Waals surface area contributed by atoms with Crippen LogP contribution in [0.4, 0.5) is 0 Å². The fraction of sp³-hybridized carbons (Fsp3) is 0.900. The number of alkyl halides is 2. The molecule has 0 aromatic heterocycles. The minimum Gasteiger partial charge on any atom is -0.379 e. The first-order valence-electron chi connectivity index (χ1n) is 5.28. The van der Waals surface area contributed by atoms with Crippen molar-refractivity contribution >= 4 is 29.1 Å². The molecule has 0 rings (SSSR count). The van der Waals surface area contributed by atoms with Gasteiger partial charge in [0.15, 0.2) is 4.84 Å². The number of ether oxygens (including phenoxy) is 2. The van der Waals surface area contributed by atoms with Gasteiger partial charge in [-0.05, 0) is 6.42 Å². The van der Waals surface area contributed by atoms with Gasteiger partial charge in [0, 0.05) is 13.7 Å². The molecule has 0 aromatic rings. The largest absolute Gasteiger partial charge is 0.379 e. The Morgan fingerprint density at radius 3 is 2.44 bits per heavy atom. The topological polar surface area (TPSA) is 38.8 Å². The number of amides is 1. The Kier molecular flexibility index (Phi) is 10.1. The molecular weight excluding hydrogens is 253 g/mol. The zero-order valence-electron chi connectivity index (χ0n) is 9.75. The maximum atomic E-state index is 11.2. The van der Waals surface area contributed by atoms with Gasteiger partial charge in [0.05, 0.1) is 13.2 Å². The zero-order chi connectivity index (χ0) is 12.4. The van der Waals surface area contributed by atoms with Crippen LogP contribution in [0.2, 0.25) is 0 Å². The highest BCUT2D eigenvalue weighted by Crippen LogP contribution is 2.05. The molecule has 4 nitrogen and oxygen atoms in total. The van der Waals surface area contributed by atoms with Crippen molar-refractivity contribution in [2.24, 2.45) is 0 Å². The molecule has 6 heteroatoms. The number of carbonyl (C=O) groups is 1. The third-order valence-electron chi connectivity index (χ3n) is 1.86. The first kappa shape index (κ1) is 16.0. The molecule has 0 unspecified atom stereocenters. The third-order valence-corrected chi connectivity index (χ3v) is 2.24. The highest BCUT2D eigenvalue weighted by atomic mass is 35.5. The van der Waals surface area contributed by atoms with E-state index in [1.165, 1.54) is 4.90 Å². The number of nitrogens with zero attached hydrogens (tertiary/aromatic N) is 1. The molecule has 0 saturated heterocycles. The number of rotatable bonds is 9. The predicted molar refractivity (Wildman–Crippen MR) is 64.8 cm³/mol. The van der Waals surface area contributed by atoms with Crippen LogP contribution in [-0.2, 0) is 14.3 Å². The average molecular weight is 272 g/mol. The van der Waals surface area contributed by atoms with Gasteiger partial charge in [0.1, 0.15) is 6.73 Å². The van der Waals surface area contributed by atoms with Crippen LogP contribution in [0.25, 0.3) is 0 Å². The molecule has 0 fully saturated rings. The van der Waals surface area contributed by atoms with Crippen molar-refractivity contribution < 1.29 is 14.3 Å². The Bertz CT molecular complexity index is 191. The molecule has 96 valence electrons. The molecule has 1 amide bonds. The fourth-order valence-corrected chi connectivity index (χ4v) is 1.23. The van der Waals surface area contributed by atoms with E-state index in [2.05, 4.69) is 6.92 Å². The van der Waals surface area contributed by atoms with Crippen molar-refractivity contribution in [1.29, 1.82) is 0 Å². The smallest absolute Gasteiger partial charge is 0.257 e. The van der Waals surface area contributed by atoms with E-state index in [4.69, 9.17) is 32.7 Å². The van der Waals surface area contributed by atoms with Gasteiger partial charge in [0.2, 0.25) is 0 Å². The predicted octanol–water partition coefficient (Wildman–Crippen LogP) is 2.04. The Morgan fingerprint density at radius 1 is 1.25 bits per heavy atom. The lowest BCUT2D eigenvalue weighted by molar-refractivity contribution is -0.133. The molecular formula is C10H19Cl2NO3. The Hall–Kier alpha value is -0.0300. The minimum atomic E-state index is -1.03. The van der Waals surface area contributed by atoms with E-state index >= 15 is 0 Å². The molecule has 0 N–H and O–H groups in total. The van der Waals surface area contributed by atoms with Crippen molar-refractivity contribution in [3.8, 4) is 0 Å². The molecule has 0 aromatic carbocycles. The van der Waals surface area contributed by atoms with Gasteiger partial charge >= 0.3 is 0 Å². The normalized spacial score (nSPS) is 10.8. The second kappa shape index (κ2) is 10.1. The SMILES string of the molecule is CCCCOCCOCN(C)C(=O)C(Cl)Cl. The van der Waals surface area contributed by atoms with Gasteiger partial charge in [-0.3, -0.25) is 4.79 Å². The molecule has 16 heavy (non-hydrogen) atoms. The second-order valence-electron chi connectivity index (χ2n) is 3.34. The molecule has 0 spiro atoms. The second-order valence-corrected chi connectivity index (χ2v) is 4.44. The summed E-state index contributed by atoms with van der Waals surface area (Å²) in [4.78, 5) is 11.5. The Balaban J connectivity index is 3.34. The Morgan fingerprint density at radius 2 is 1.88 bits per heavy atom. The highest BCUT2D eigenvalue weighted by Gasteiger charge is 2.16. The lowest BCUT2D eigenvalue weighted by atomic mass is 10.4. The van der Waals surface area contributed by atoms with Crippen molar-refractivity contribution in [1.82, 2.24) is 4.90 Å². The first-order valence-corrected chi connectivity index (χ1v) is 6.15. The summed E-state index contributed by atoms with van der Waals surface area (Å²) in [5, 5.41) is 0. The minimum absolute atomic E-state index is 0.173. The fourth-order valence-electron chi connectivity index (χ4n) is 0.898. The van der Waals surface area contributed by atoms with E-state index in [1.807, 2.05) is 0 Å². The quantitative estimate of drug-likeness (QED) is 0.366. The zero-order valence-corrected chi connectivity index (χ0v) is 11.3. The van der Waals surface area contributed by atoms with Crippen LogP contribution >= 0.6 is 23.2 Å². The lowest BCUT2D eigenvalue weighted by Gasteiger charge is -2.17. The monoisotopic (exact) mass is 271 g/mol. The van der Waals surface area contributed by atoms with Crippen molar-refractivity contribution in [2.45, 2.75) is 24.6 Å². The van der Waals surface area contributed by atoms with E-state index < -0.39 is 4.84 Å². The van der Waals surface area contributed by atoms with Crippen molar-refractivity contribution in [3.63, 3.8) is 0 Å². The van der Waals surface area contributed by atoms with E-state index in [0.717, 1.165) is 19.4 Å². The highest BCUT2D eigenvalue weighted by molar-refractivity contribution is 6.53. The molecule has 0 saturated carbocycles. The molecule has 0 heterocycles. The van der Waals surface area contributed by atoms with Crippen LogP contribution in [0, 0.1) is 0 Å². The Labute approximate surface area is 107 Å². The third kappa shape index (κ3) is 8.16. The number of carbonyl (C=O) groups excluding carboxylic acids is 1. The molecule has 0 aliphatic heterocycles. The standard InChI is InChI=1S/C10H19Cl2NO3/c1-3-4-5-15-6-7-16-8-13(2)10(14)9(11)12/h9H,3-8H2,1-2H3. The molecule has 0 atom stereocenters. The van der Waals surface area contributed by atoms with Crippen LogP contribution in [0.15, 0.2) is 0 Å². The summed E-state index contributed by atoms with van der Waals surface area (Å²) in [7, 11) is 1.58. The van der Waals surface area contributed by atoms with E-state index in [0.29, 0.717) is 13.2 Å². The van der Waals surface area contributed by atoms with E-state index in [1.54, 1.807) is 7.05 Å². The van der Waals surface area contributed by atoms with Crippen LogP contribution in [0.1, 0.15) is 19.8 Å². The van der Waals surface area contributed by atoms with Crippen molar-refractivity contribution in [2.75, 3.05) is 33.6 Å². The van der Waals surface area contributed by atoms with Gasteiger partial charge in [-0.2, -0.15) is 0 Å². The van der Waals surface area contributed by atoms with Gasteiger partial charge in [-0.15, -0.1) is 0 Å². The number of unbranched alkanes of at least 4 members (excludes halogenated alkanes) is 1. The van der Waals surface area contributed by atoms with Gasteiger partial charge in [-0.1, -0.05) is 36.5 Å². The van der Waals surface area contributed by atoms with Gasteiger partial charge in [0.25, 0.3) is 5.91 Å². The molecule has 0 aliphatic rings. The van der Waals surface area contributed by atoms with E-state index in [-0.39, 0.29) is 12.6 Å². The molecule has 0 aliphatic carbocycles. The summed E-state index contributed by atoms with van der Waals surface area (Å²) in [5.41, 5.74) is 0. The molecule has 0 radical (unpaired) electrons. The van der Waals surface area contributed by atoms with Crippen LogP contribution in [0.3, 0.4) is 0 Å². The summed E-state index contributed by atoms with van der Waals surface area (Å²) in [6.07, 6.45) is 2.17. The maximum Gasteiger partial charge on any atom is 0.257 e. The number of hydrogen-bond donors (Lipinski definition) is 0. The number of halogens is 2. The first-order chi connectivity index (χ1) is 7.59. The summed E-state index contributed by atoms with van der Waals surface area (Å²) >= 11 is 10.8. The van der Waals surface area contributed by atoms with Crippen LogP contribution in [-0.4, -0.2) is 49.2 Å². The van der Waals surface area contributed by atoms with Gasteiger partial charge in [-0.25, -0.2) is 0 Å². The lowest BCUT2D eigenvalue weighted by Crippen LogP contribution is -2.33. The summed E-state index contributed by atoms with van der Waals surface area (Å²) in [6.45, 7) is 4.02. The van der Waals surface area contributed by atoms with Crippen molar-refractivity contribution in [3.05, 3.63) is 0 Å². The van der Waals surface area contributed by atoms with Crippen LogP contribution in [0.5, 0.6) is 0 Å². The number of hydrogen-bond acceptors (Lipinski definition) is 3. The van der Waals surface area contributed by atoms with Gasteiger partial charge < -0.3 is 14.4 Å². The summed E-state index contributed by atoms with van der Waals surface area (Å²) < 4.78 is 10.5. The maximum absolute atomic E-state index is 11.2. The summed E-state index contributed by atoms with van der Waals surface area (Å²) in [6, 6.07) is 0. The van der Waals surface area contributed by atoms with E-state index in [9.17, 15) is 4.79 Å². The van der Waals surface area contributed by atoms with Crippen LogP contribution < -0.4 is 0 Å². The average Bonchev–Trinajstić information content (AvgIpc) is 2.26.